The molecular formula is C8H8F3N3O4S2. The van der Waals surface area contributed by atoms with Crippen LogP contribution in [0.2, 0.25) is 0 Å². The van der Waals surface area contributed by atoms with Crippen molar-refractivity contribution in [3.63, 3.8) is 0 Å². The fraction of sp³-hybridized carbons (Fsp3) is 0.500. The monoisotopic (exact) mass is 331 g/mol. The zero-order valence-electron chi connectivity index (χ0n) is 9.60. The van der Waals surface area contributed by atoms with Gasteiger partial charge in [-0.3, -0.25) is 10.1 Å². The van der Waals surface area contributed by atoms with E-state index in [0.29, 0.717) is 17.4 Å². The van der Waals surface area contributed by atoms with Crippen molar-refractivity contribution in [2.24, 2.45) is 0 Å². The molecule has 2 rings (SSSR count). The summed E-state index contributed by atoms with van der Waals surface area (Å²) < 4.78 is 62.7. The fourth-order valence-corrected chi connectivity index (χ4v) is 4.18. The molecule has 1 saturated carbocycles. The van der Waals surface area contributed by atoms with Crippen LogP contribution >= 0.6 is 11.3 Å². The molecule has 0 aliphatic heterocycles. The highest BCUT2D eigenvalue weighted by atomic mass is 32.2. The van der Waals surface area contributed by atoms with Gasteiger partial charge in [0.15, 0.2) is 5.00 Å². The van der Waals surface area contributed by atoms with Gasteiger partial charge in [0.1, 0.15) is 9.75 Å². The number of halogens is 3. The average molecular weight is 331 g/mol. The molecule has 0 atom stereocenters. The highest BCUT2D eigenvalue weighted by molar-refractivity contribution is 7.91. The van der Waals surface area contributed by atoms with E-state index in [1.165, 1.54) is 0 Å². The van der Waals surface area contributed by atoms with Gasteiger partial charge in [-0.2, -0.15) is 17.9 Å². The topological polar surface area (TPSA) is 115 Å². The molecule has 1 aromatic rings. The maximum atomic E-state index is 12.7. The molecule has 12 heteroatoms. The van der Waals surface area contributed by atoms with E-state index in [1.807, 2.05) is 0 Å². The third kappa shape index (κ3) is 2.45. The third-order valence-electron chi connectivity index (χ3n) is 2.80. The Hall–Kier alpha value is -1.40. The van der Waals surface area contributed by atoms with Gasteiger partial charge in [0, 0.05) is 6.07 Å². The first kappa shape index (κ1) is 15.0. The van der Waals surface area contributed by atoms with E-state index >= 15 is 0 Å². The summed E-state index contributed by atoms with van der Waals surface area (Å²) in [5.41, 5.74) is 2.15. The summed E-state index contributed by atoms with van der Waals surface area (Å²) in [5.74, 6) is 0. The molecule has 20 heavy (non-hydrogen) atoms. The van der Waals surface area contributed by atoms with Crippen LogP contribution in [0.25, 0.3) is 0 Å². The van der Waals surface area contributed by atoms with Crippen LogP contribution in [0, 0.1) is 10.1 Å². The molecule has 1 fully saturated rings. The van der Waals surface area contributed by atoms with Crippen LogP contribution in [-0.4, -0.2) is 25.1 Å². The van der Waals surface area contributed by atoms with Crippen LogP contribution < -0.4 is 10.5 Å². The first-order valence-corrected chi connectivity index (χ1v) is 7.43. The van der Waals surface area contributed by atoms with Crippen molar-refractivity contribution in [2.45, 2.75) is 28.8 Å². The van der Waals surface area contributed by atoms with Gasteiger partial charge < -0.3 is 5.73 Å². The lowest BCUT2D eigenvalue weighted by atomic mass is 10.3. The summed E-state index contributed by atoms with van der Waals surface area (Å²) in [6.07, 6.45) is -5.44. The van der Waals surface area contributed by atoms with E-state index in [2.05, 4.69) is 0 Å². The number of anilines is 1. The van der Waals surface area contributed by atoms with Crippen LogP contribution in [0.4, 0.5) is 23.9 Å². The Bertz CT molecular complexity index is 663. The first-order chi connectivity index (χ1) is 8.98. The average Bonchev–Trinajstić information content (AvgIpc) is 2.91. The summed E-state index contributed by atoms with van der Waals surface area (Å²) in [6.45, 7) is 0. The molecule has 0 amide bonds. The molecule has 0 unspecified atom stereocenters. The molecule has 112 valence electrons. The van der Waals surface area contributed by atoms with Crippen molar-refractivity contribution in [1.29, 1.82) is 0 Å². The minimum atomic E-state index is -4.71. The summed E-state index contributed by atoms with van der Waals surface area (Å²) in [7, 11) is -4.51. The van der Waals surface area contributed by atoms with E-state index in [1.54, 1.807) is 4.72 Å². The number of hydrogen-bond donors (Lipinski definition) is 2. The van der Waals surface area contributed by atoms with Crippen LogP contribution in [0.5, 0.6) is 0 Å². The molecule has 3 N–H and O–H groups in total. The van der Waals surface area contributed by atoms with E-state index in [4.69, 9.17) is 5.73 Å². The quantitative estimate of drug-likeness (QED) is 0.642. The number of sulfonamides is 1. The summed E-state index contributed by atoms with van der Waals surface area (Å²) >= 11 is 0.347. The predicted molar refractivity (Wildman–Crippen MR) is 63.7 cm³/mol. The van der Waals surface area contributed by atoms with Crippen molar-refractivity contribution >= 4 is 32.0 Å². The molecule has 0 radical (unpaired) electrons. The molecule has 0 aromatic carbocycles. The molecule has 0 saturated heterocycles. The summed E-state index contributed by atoms with van der Waals surface area (Å²) in [4.78, 5) is 9.65. The minimum absolute atomic E-state index is 0.347. The molecule has 0 bridgehead atoms. The predicted octanol–water partition coefficient (Wildman–Crippen LogP) is 1.61. The van der Waals surface area contributed by atoms with Crippen molar-refractivity contribution in [3.05, 3.63) is 16.2 Å². The van der Waals surface area contributed by atoms with Crippen LogP contribution in [0.1, 0.15) is 12.8 Å². The van der Waals surface area contributed by atoms with E-state index in [0.717, 1.165) is 0 Å². The number of hydrogen-bond acceptors (Lipinski definition) is 6. The van der Waals surface area contributed by atoms with Gasteiger partial charge >= 0.3 is 11.9 Å². The van der Waals surface area contributed by atoms with Crippen LogP contribution in [0.3, 0.4) is 0 Å². The molecule has 1 aliphatic rings. The molecule has 0 spiro atoms. The second-order valence-electron chi connectivity index (χ2n) is 4.26. The SMILES string of the molecule is Nc1sc(S(=O)(=O)NC2(C(F)(F)F)CC2)cc1[N+](=O)[O-]. The number of nitrogen functional groups attached to an aromatic ring is 1. The largest absolute Gasteiger partial charge is 0.407 e. The lowest BCUT2D eigenvalue weighted by Gasteiger charge is -2.19. The van der Waals surface area contributed by atoms with Gasteiger partial charge in [-0.25, -0.2) is 8.42 Å². The Morgan fingerprint density at radius 1 is 1.45 bits per heavy atom. The number of nitrogens with two attached hydrogens (primary N) is 1. The minimum Gasteiger partial charge on any atom is -0.385 e. The van der Waals surface area contributed by atoms with E-state index in [9.17, 15) is 31.7 Å². The zero-order valence-corrected chi connectivity index (χ0v) is 11.2. The second kappa shape index (κ2) is 4.30. The molecular weight excluding hydrogens is 323 g/mol. The van der Waals surface area contributed by atoms with E-state index < -0.39 is 36.6 Å². The number of nitrogens with one attached hydrogen (secondary N) is 1. The Morgan fingerprint density at radius 3 is 2.35 bits per heavy atom. The molecule has 1 heterocycles. The molecule has 1 aromatic heterocycles. The van der Waals surface area contributed by atoms with Crippen molar-refractivity contribution < 1.29 is 26.5 Å². The van der Waals surface area contributed by atoms with Gasteiger partial charge in [0.05, 0.1) is 4.92 Å². The summed E-state index contributed by atoms with van der Waals surface area (Å²) in [5, 5.41) is 10.2. The van der Waals surface area contributed by atoms with Crippen molar-refractivity contribution in [2.75, 3.05) is 5.73 Å². The smallest absolute Gasteiger partial charge is 0.385 e. The lowest BCUT2D eigenvalue weighted by molar-refractivity contribution is -0.383. The normalized spacial score (nSPS) is 17.9. The number of nitro groups is 1. The van der Waals surface area contributed by atoms with Gasteiger partial charge in [-0.1, -0.05) is 11.3 Å². The fourth-order valence-electron chi connectivity index (χ4n) is 1.52. The lowest BCUT2D eigenvalue weighted by Crippen LogP contribution is -2.47. The Balaban J connectivity index is 2.33. The Labute approximate surface area is 114 Å². The van der Waals surface area contributed by atoms with Gasteiger partial charge in [-0.05, 0) is 12.8 Å². The number of alkyl halides is 3. The maximum absolute atomic E-state index is 12.7. The Kier molecular flexibility index (Phi) is 3.22. The zero-order chi connectivity index (χ0) is 15.3. The Morgan fingerprint density at radius 2 is 2.00 bits per heavy atom. The second-order valence-corrected chi connectivity index (χ2v) is 7.25. The van der Waals surface area contributed by atoms with Crippen molar-refractivity contribution in [1.82, 2.24) is 4.72 Å². The maximum Gasteiger partial charge on any atom is 0.407 e. The van der Waals surface area contributed by atoms with E-state index in [-0.39, 0.29) is 17.8 Å². The number of nitrogens with zero attached hydrogens (tertiary/aromatic N) is 1. The van der Waals surface area contributed by atoms with Crippen LogP contribution in [0.15, 0.2) is 10.3 Å². The standard InChI is InChI=1S/C8H8F3N3O4S2/c9-8(10,11)7(1-2-7)13-20(17,18)5-3-4(14(15)16)6(12)19-5/h3,13H,1-2,12H2. The van der Waals surface area contributed by atoms with Gasteiger partial charge in [0.2, 0.25) is 0 Å². The van der Waals surface area contributed by atoms with Gasteiger partial charge in [0.25, 0.3) is 10.0 Å². The van der Waals surface area contributed by atoms with Crippen LogP contribution in [-0.2, 0) is 10.0 Å². The highest BCUT2D eigenvalue weighted by Gasteiger charge is 2.65. The molecule has 7 nitrogen and oxygen atoms in total. The van der Waals surface area contributed by atoms with Gasteiger partial charge in [-0.15, -0.1) is 0 Å². The third-order valence-corrected chi connectivity index (χ3v) is 5.76. The molecule has 1 aliphatic carbocycles. The highest BCUT2D eigenvalue weighted by Crippen LogP contribution is 2.50. The first-order valence-electron chi connectivity index (χ1n) is 5.13. The number of rotatable bonds is 4. The summed E-state index contributed by atoms with van der Waals surface area (Å²) in [6, 6.07) is 0.648. The van der Waals surface area contributed by atoms with Crippen molar-refractivity contribution in [3.8, 4) is 0 Å². The number of thiophene rings is 1.